The Hall–Kier alpha value is -2.91. The summed E-state index contributed by atoms with van der Waals surface area (Å²) in [4.78, 5) is 16.3. The van der Waals surface area contributed by atoms with E-state index in [4.69, 9.17) is 0 Å². The molecule has 3 N–H and O–H groups in total. The van der Waals surface area contributed by atoms with E-state index in [1.54, 1.807) is 41.8 Å². The lowest BCUT2D eigenvalue weighted by molar-refractivity contribution is -0.115. The third-order valence-electron chi connectivity index (χ3n) is 3.35. The van der Waals surface area contributed by atoms with Crippen molar-refractivity contribution in [2.24, 2.45) is 0 Å². The number of carbonyl (C=O) groups is 1. The summed E-state index contributed by atoms with van der Waals surface area (Å²) in [7, 11) is -3.72. The smallest absolute Gasteiger partial charge is 0.263 e. The highest BCUT2D eigenvalue weighted by Crippen LogP contribution is 2.23. The van der Waals surface area contributed by atoms with Gasteiger partial charge in [-0.1, -0.05) is 30.3 Å². The number of carbonyl (C=O) groups excluding carboxylic acids is 1. The third-order valence-corrected chi connectivity index (χ3v) is 5.64. The van der Waals surface area contributed by atoms with E-state index < -0.39 is 10.0 Å². The Morgan fingerprint density at radius 2 is 1.77 bits per heavy atom. The summed E-state index contributed by atoms with van der Waals surface area (Å²) in [5.41, 5.74) is 0.728. The number of rotatable bonds is 6. The van der Waals surface area contributed by atoms with Gasteiger partial charge in [0.25, 0.3) is 10.0 Å². The van der Waals surface area contributed by atoms with E-state index in [2.05, 4.69) is 15.0 Å². The topological polar surface area (TPSA) is 108 Å². The molecule has 3 rings (SSSR count). The lowest BCUT2D eigenvalue weighted by atomic mass is 10.2. The number of benzene rings is 2. The van der Waals surface area contributed by atoms with Gasteiger partial charge in [0.05, 0.1) is 22.7 Å². The Morgan fingerprint density at radius 1 is 1.08 bits per heavy atom. The van der Waals surface area contributed by atoms with Gasteiger partial charge in [-0.05, 0) is 24.3 Å². The van der Waals surface area contributed by atoms with Crippen LogP contribution in [0.3, 0.4) is 0 Å². The van der Waals surface area contributed by atoms with Gasteiger partial charge in [0, 0.05) is 5.38 Å². The first kappa shape index (κ1) is 17.9. The van der Waals surface area contributed by atoms with Gasteiger partial charge in [0.15, 0.2) is 5.13 Å². The highest BCUT2D eigenvalue weighted by molar-refractivity contribution is 7.93. The molecule has 0 aliphatic rings. The third kappa shape index (κ3) is 4.38. The average molecular weight is 389 g/mol. The molecule has 0 bridgehead atoms. The highest BCUT2D eigenvalue weighted by Gasteiger charge is 2.16. The van der Waals surface area contributed by atoms with E-state index in [1.807, 2.05) is 0 Å². The van der Waals surface area contributed by atoms with Crippen LogP contribution in [0.5, 0.6) is 5.75 Å². The van der Waals surface area contributed by atoms with Gasteiger partial charge in [-0.25, -0.2) is 13.4 Å². The van der Waals surface area contributed by atoms with Crippen LogP contribution in [0.25, 0.3) is 0 Å². The van der Waals surface area contributed by atoms with Crippen LogP contribution in [0.4, 0.5) is 10.8 Å². The number of phenolic OH excluding ortho intramolecular Hbond substituents is 1. The fourth-order valence-corrected chi connectivity index (χ4v) is 4.13. The Balaban J connectivity index is 1.65. The van der Waals surface area contributed by atoms with Crippen molar-refractivity contribution in [3.8, 4) is 5.75 Å². The van der Waals surface area contributed by atoms with Crippen LogP contribution in [0.2, 0.25) is 0 Å². The maximum absolute atomic E-state index is 12.3. The van der Waals surface area contributed by atoms with Crippen LogP contribution < -0.4 is 10.0 Å². The zero-order valence-electron chi connectivity index (χ0n) is 13.4. The Morgan fingerprint density at radius 3 is 2.50 bits per heavy atom. The van der Waals surface area contributed by atoms with Gasteiger partial charge in [0.2, 0.25) is 5.91 Å². The van der Waals surface area contributed by atoms with E-state index in [9.17, 15) is 18.3 Å². The molecule has 1 amide bonds. The number of aromatic nitrogens is 1. The van der Waals surface area contributed by atoms with Gasteiger partial charge in [-0.15, -0.1) is 11.3 Å². The second-order valence-corrected chi connectivity index (χ2v) is 7.85. The fourth-order valence-electron chi connectivity index (χ4n) is 2.15. The molecular weight excluding hydrogens is 374 g/mol. The summed E-state index contributed by atoms with van der Waals surface area (Å²) in [5, 5.41) is 14.0. The number of sulfonamides is 1. The number of para-hydroxylation sites is 2. The van der Waals surface area contributed by atoms with Crippen LogP contribution in [0, 0.1) is 0 Å². The summed E-state index contributed by atoms with van der Waals surface area (Å²) in [6, 6.07) is 14.3. The average Bonchev–Trinajstić information content (AvgIpc) is 3.04. The van der Waals surface area contributed by atoms with E-state index >= 15 is 0 Å². The van der Waals surface area contributed by atoms with Crippen LogP contribution in [-0.2, 0) is 21.2 Å². The monoisotopic (exact) mass is 389 g/mol. The number of thiazole rings is 1. The molecule has 9 heteroatoms. The zero-order valence-corrected chi connectivity index (χ0v) is 15.0. The molecule has 0 aliphatic carbocycles. The van der Waals surface area contributed by atoms with Crippen molar-refractivity contribution in [3.05, 3.63) is 65.7 Å². The Kier molecular flexibility index (Phi) is 5.19. The molecule has 134 valence electrons. The second-order valence-electron chi connectivity index (χ2n) is 5.30. The molecule has 0 atom stereocenters. The van der Waals surface area contributed by atoms with Gasteiger partial charge in [0.1, 0.15) is 5.75 Å². The molecule has 0 radical (unpaired) electrons. The summed E-state index contributed by atoms with van der Waals surface area (Å²) in [5.74, 6) is -0.398. The largest absolute Gasteiger partial charge is 0.506 e. The molecular formula is C17H15N3O4S2. The standard InChI is InChI=1S/C17H15N3O4S2/c21-15-9-5-4-8-14(15)19-16(22)10-12-11-25-17(18-12)20-26(23,24)13-6-2-1-3-7-13/h1-9,11,21H,10H2,(H,18,20)(H,19,22). The van der Waals surface area contributed by atoms with Gasteiger partial charge in [-0.3, -0.25) is 9.52 Å². The first-order chi connectivity index (χ1) is 12.4. The van der Waals surface area contributed by atoms with Crippen molar-refractivity contribution in [1.29, 1.82) is 0 Å². The first-order valence-electron chi connectivity index (χ1n) is 7.54. The van der Waals surface area contributed by atoms with Crippen molar-refractivity contribution in [2.75, 3.05) is 10.0 Å². The fraction of sp³-hybridized carbons (Fsp3) is 0.0588. The zero-order chi connectivity index (χ0) is 18.6. The summed E-state index contributed by atoms with van der Waals surface area (Å²) >= 11 is 1.09. The number of anilines is 2. The number of hydrogen-bond donors (Lipinski definition) is 3. The normalized spacial score (nSPS) is 11.1. The summed E-state index contributed by atoms with van der Waals surface area (Å²) in [6.07, 6.45) is -0.0438. The predicted octanol–water partition coefficient (Wildman–Crippen LogP) is 2.83. The molecule has 0 spiro atoms. The van der Waals surface area contributed by atoms with Crippen LogP contribution in [-0.4, -0.2) is 24.4 Å². The van der Waals surface area contributed by atoms with Crippen LogP contribution >= 0.6 is 11.3 Å². The van der Waals surface area contributed by atoms with Crippen molar-refractivity contribution in [3.63, 3.8) is 0 Å². The lowest BCUT2D eigenvalue weighted by Crippen LogP contribution is -2.15. The number of nitrogens with one attached hydrogen (secondary N) is 2. The Labute approximate surface area is 154 Å². The van der Waals surface area contributed by atoms with Gasteiger partial charge in [-0.2, -0.15) is 0 Å². The number of amides is 1. The minimum Gasteiger partial charge on any atom is -0.506 e. The molecule has 0 aliphatic heterocycles. The second kappa shape index (κ2) is 7.54. The molecule has 0 fully saturated rings. The number of phenols is 1. The van der Waals surface area contributed by atoms with E-state index in [1.165, 1.54) is 18.2 Å². The van der Waals surface area contributed by atoms with E-state index in [0.717, 1.165) is 11.3 Å². The summed E-state index contributed by atoms with van der Waals surface area (Å²) < 4.78 is 26.9. The summed E-state index contributed by atoms with van der Waals surface area (Å²) in [6.45, 7) is 0. The molecule has 0 unspecified atom stereocenters. The van der Waals surface area contributed by atoms with Crippen molar-refractivity contribution in [1.82, 2.24) is 4.98 Å². The predicted molar refractivity (Wildman–Crippen MR) is 99.8 cm³/mol. The van der Waals surface area contributed by atoms with Crippen LogP contribution in [0.15, 0.2) is 64.9 Å². The van der Waals surface area contributed by atoms with Crippen LogP contribution in [0.1, 0.15) is 5.69 Å². The minimum absolute atomic E-state index is 0.0320. The van der Waals surface area contributed by atoms with Crippen molar-refractivity contribution in [2.45, 2.75) is 11.3 Å². The molecule has 0 saturated heterocycles. The number of aromatic hydroxyl groups is 1. The number of hydrogen-bond acceptors (Lipinski definition) is 6. The highest BCUT2D eigenvalue weighted by atomic mass is 32.2. The SMILES string of the molecule is O=C(Cc1csc(NS(=O)(=O)c2ccccc2)n1)Nc1ccccc1O. The molecule has 2 aromatic carbocycles. The Bertz CT molecular complexity index is 1020. The lowest BCUT2D eigenvalue weighted by Gasteiger charge is -2.06. The number of nitrogens with zero attached hydrogens (tertiary/aromatic N) is 1. The van der Waals surface area contributed by atoms with E-state index in [-0.39, 0.29) is 28.1 Å². The molecule has 1 heterocycles. The molecule has 0 saturated carbocycles. The van der Waals surface area contributed by atoms with Crippen molar-refractivity contribution < 1.29 is 18.3 Å². The maximum atomic E-state index is 12.3. The maximum Gasteiger partial charge on any atom is 0.263 e. The first-order valence-corrected chi connectivity index (χ1v) is 9.90. The van der Waals surface area contributed by atoms with Crippen molar-refractivity contribution >= 4 is 38.1 Å². The van der Waals surface area contributed by atoms with E-state index in [0.29, 0.717) is 11.4 Å². The van der Waals surface area contributed by atoms with Gasteiger partial charge >= 0.3 is 0 Å². The molecule has 3 aromatic rings. The molecule has 1 aromatic heterocycles. The molecule has 7 nitrogen and oxygen atoms in total. The quantitative estimate of drug-likeness (QED) is 0.562. The van der Waals surface area contributed by atoms with Gasteiger partial charge < -0.3 is 10.4 Å². The minimum atomic E-state index is -3.72. The molecule has 26 heavy (non-hydrogen) atoms.